The highest BCUT2D eigenvalue weighted by atomic mass is 16.3. The van der Waals surface area contributed by atoms with Crippen LogP contribution in [0.25, 0.3) is 0 Å². The maximum Gasteiger partial charge on any atom is 0.193 e. The van der Waals surface area contributed by atoms with E-state index in [1.807, 2.05) is 24.3 Å². The van der Waals surface area contributed by atoms with Gasteiger partial charge >= 0.3 is 0 Å². The van der Waals surface area contributed by atoms with Crippen molar-refractivity contribution in [2.24, 2.45) is 5.92 Å². The average molecular weight is 198 g/mol. The summed E-state index contributed by atoms with van der Waals surface area (Å²) in [6, 6.07) is 0. The molecule has 0 amide bonds. The Bertz CT molecular complexity index is 455. The molecule has 0 saturated heterocycles. The molecule has 1 N–H and O–H groups in total. The summed E-state index contributed by atoms with van der Waals surface area (Å²) >= 11 is 0. The van der Waals surface area contributed by atoms with Gasteiger partial charge in [0, 0.05) is 5.92 Å². The third-order valence-electron chi connectivity index (χ3n) is 2.17. The number of allylic oxidation sites excluding steroid dienone is 8. The Hall–Kier alpha value is -2.05. The van der Waals surface area contributed by atoms with E-state index in [0.717, 1.165) is 0 Å². The summed E-state index contributed by atoms with van der Waals surface area (Å²) in [5.41, 5.74) is 3.29. The molecule has 2 aliphatic carbocycles. The summed E-state index contributed by atoms with van der Waals surface area (Å²) in [5.74, 6) is 0.157. The van der Waals surface area contributed by atoms with Crippen LogP contribution in [0.2, 0.25) is 0 Å². The maximum atomic E-state index is 11.3. The van der Waals surface area contributed by atoms with Crippen molar-refractivity contribution < 1.29 is 9.90 Å². The van der Waals surface area contributed by atoms with Gasteiger partial charge in [0.05, 0.1) is 5.57 Å². The molecule has 0 radical (unpaired) electrons. The van der Waals surface area contributed by atoms with Crippen LogP contribution in [0.4, 0.5) is 0 Å². The quantitative estimate of drug-likeness (QED) is 0.519. The minimum absolute atomic E-state index is 0.0861. The predicted octanol–water partition coefficient (Wildman–Crippen LogP) is 2.39. The first kappa shape index (κ1) is 9.50. The van der Waals surface area contributed by atoms with Crippen molar-refractivity contribution >= 4 is 5.78 Å². The molecule has 0 saturated carbocycles. The van der Waals surface area contributed by atoms with Crippen LogP contribution in [0.3, 0.4) is 0 Å². The second kappa shape index (κ2) is 3.99. The lowest BCUT2D eigenvalue weighted by Crippen LogP contribution is -2.00. The molecule has 0 atom stereocenters. The van der Waals surface area contributed by atoms with E-state index in [1.54, 1.807) is 6.08 Å². The molecular weight excluding hydrogens is 188 g/mol. The Labute approximate surface area is 87.9 Å². The van der Waals surface area contributed by atoms with Crippen molar-refractivity contribution in [1.29, 1.82) is 0 Å². The number of aliphatic hydroxyl groups excluding tert-OH is 1. The molecule has 2 aliphatic rings. The van der Waals surface area contributed by atoms with Crippen molar-refractivity contribution in [3.63, 3.8) is 0 Å². The molecule has 0 aliphatic heterocycles. The monoisotopic (exact) mass is 198 g/mol. The molecule has 0 bridgehead atoms. The van der Waals surface area contributed by atoms with Crippen LogP contribution in [0, 0.1) is 5.92 Å². The van der Waals surface area contributed by atoms with Crippen LogP contribution in [0.5, 0.6) is 0 Å². The zero-order valence-electron chi connectivity index (χ0n) is 8.05. The minimum Gasteiger partial charge on any atom is -0.508 e. The van der Waals surface area contributed by atoms with Crippen molar-refractivity contribution in [2.75, 3.05) is 0 Å². The lowest BCUT2D eigenvalue weighted by molar-refractivity contribution is -0.111. The first-order valence-corrected chi connectivity index (χ1v) is 4.70. The summed E-state index contributed by atoms with van der Waals surface area (Å²) < 4.78 is 0. The number of carbonyl (C=O) groups is 1. The van der Waals surface area contributed by atoms with E-state index in [1.165, 1.54) is 18.2 Å². The molecule has 0 aromatic rings. The van der Waals surface area contributed by atoms with E-state index < -0.39 is 0 Å². The highest BCUT2D eigenvalue weighted by molar-refractivity contribution is 6.07. The van der Waals surface area contributed by atoms with Crippen LogP contribution in [0.15, 0.2) is 65.7 Å². The van der Waals surface area contributed by atoms with Gasteiger partial charge in [-0.2, -0.15) is 0 Å². The van der Waals surface area contributed by atoms with E-state index in [4.69, 9.17) is 0 Å². The van der Waals surface area contributed by atoms with Gasteiger partial charge in [0.1, 0.15) is 5.76 Å². The smallest absolute Gasteiger partial charge is 0.193 e. The van der Waals surface area contributed by atoms with Crippen LogP contribution in [0.1, 0.15) is 0 Å². The van der Waals surface area contributed by atoms with E-state index in [2.05, 4.69) is 5.73 Å². The molecule has 0 aromatic heterocycles. The Kier molecular flexibility index (Phi) is 2.53. The largest absolute Gasteiger partial charge is 0.508 e. The minimum atomic E-state index is -0.130. The van der Waals surface area contributed by atoms with Crippen molar-refractivity contribution in [2.45, 2.75) is 0 Å². The van der Waals surface area contributed by atoms with Crippen LogP contribution >= 0.6 is 0 Å². The summed E-state index contributed by atoms with van der Waals surface area (Å²) in [7, 11) is 0. The second-order valence-electron chi connectivity index (χ2n) is 3.34. The standard InChI is InChI=1S/C13H10O2/c14-12-7-8-13(15)11(9-12)6-5-10-3-1-2-4-10/h1-5,7-10,14H. The molecule has 0 heterocycles. The number of hydrogen-bond acceptors (Lipinski definition) is 2. The first-order valence-electron chi connectivity index (χ1n) is 4.70. The third kappa shape index (κ3) is 2.25. The highest BCUT2D eigenvalue weighted by Crippen LogP contribution is 2.13. The number of aliphatic hydroxyl groups is 1. The maximum absolute atomic E-state index is 11.3. The molecule has 15 heavy (non-hydrogen) atoms. The second-order valence-corrected chi connectivity index (χ2v) is 3.34. The summed E-state index contributed by atoms with van der Waals surface area (Å²) in [6.45, 7) is 0. The van der Waals surface area contributed by atoms with Gasteiger partial charge in [0.25, 0.3) is 0 Å². The van der Waals surface area contributed by atoms with Gasteiger partial charge in [-0.15, -0.1) is 5.73 Å². The zero-order chi connectivity index (χ0) is 10.7. The third-order valence-corrected chi connectivity index (χ3v) is 2.17. The summed E-state index contributed by atoms with van der Waals surface area (Å²) in [6.07, 6.45) is 13.8. The molecular formula is C13H10O2. The fraction of sp³-hybridized carbons (Fsp3) is 0.0769. The molecule has 2 rings (SSSR count). The van der Waals surface area contributed by atoms with E-state index in [-0.39, 0.29) is 17.5 Å². The van der Waals surface area contributed by atoms with Gasteiger partial charge in [-0.25, -0.2) is 0 Å². The van der Waals surface area contributed by atoms with E-state index in [9.17, 15) is 9.90 Å². The van der Waals surface area contributed by atoms with Gasteiger partial charge in [-0.3, -0.25) is 4.79 Å². The first-order chi connectivity index (χ1) is 7.25. The highest BCUT2D eigenvalue weighted by Gasteiger charge is 2.08. The topological polar surface area (TPSA) is 37.3 Å². The Morgan fingerprint density at radius 2 is 2.00 bits per heavy atom. The molecule has 2 nitrogen and oxygen atoms in total. The van der Waals surface area contributed by atoms with Crippen LogP contribution in [-0.2, 0) is 4.79 Å². The van der Waals surface area contributed by atoms with Crippen LogP contribution < -0.4 is 0 Å². The lowest BCUT2D eigenvalue weighted by Gasteiger charge is -2.00. The lowest BCUT2D eigenvalue weighted by atomic mass is 10.1. The van der Waals surface area contributed by atoms with Gasteiger partial charge in [-0.05, 0) is 24.3 Å². The van der Waals surface area contributed by atoms with Crippen molar-refractivity contribution in [1.82, 2.24) is 0 Å². The number of carbonyl (C=O) groups excluding carboxylic acids is 1. The summed E-state index contributed by atoms with van der Waals surface area (Å²) in [5, 5.41) is 9.21. The molecule has 74 valence electrons. The van der Waals surface area contributed by atoms with E-state index >= 15 is 0 Å². The fourth-order valence-electron chi connectivity index (χ4n) is 1.38. The Morgan fingerprint density at radius 3 is 2.73 bits per heavy atom. The normalized spacial score (nSPS) is 19.3. The van der Waals surface area contributed by atoms with Gasteiger partial charge in [0.15, 0.2) is 5.78 Å². The Balaban J connectivity index is 2.26. The van der Waals surface area contributed by atoms with Crippen LogP contribution in [-0.4, -0.2) is 10.9 Å². The molecule has 0 spiro atoms. The SMILES string of the molecule is O=C1C=CC(O)=CC1=C=CC1C=CC=C1. The Morgan fingerprint density at radius 1 is 1.27 bits per heavy atom. The van der Waals surface area contributed by atoms with Gasteiger partial charge in [0.2, 0.25) is 0 Å². The number of rotatable bonds is 1. The van der Waals surface area contributed by atoms with Gasteiger partial charge in [-0.1, -0.05) is 24.3 Å². The molecule has 0 fully saturated rings. The summed E-state index contributed by atoms with van der Waals surface area (Å²) in [4.78, 5) is 11.3. The van der Waals surface area contributed by atoms with E-state index in [0.29, 0.717) is 5.57 Å². The van der Waals surface area contributed by atoms with Crippen molar-refractivity contribution in [3.05, 3.63) is 65.7 Å². The molecule has 0 unspecified atom stereocenters. The van der Waals surface area contributed by atoms with Gasteiger partial charge < -0.3 is 5.11 Å². The molecule has 0 aromatic carbocycles. The fourth-order valence-corrected chi connectivity index (χ4v) is 1.38. The average Bonchev–Trinajstić information content (AvgIpc) is 2.72. The number of ketones is 1. The van der Waals surface area contributed by atoms with Crippen molar-refractivity contribution in [3.8, 4) is 0 Å². The predicted molar refractivity (Wildman–Crippen MR) is 58.2 cm³/mol. The number of hydrogen-bond donors (Lipinski definition) is 1. The zero-order valence-corrected chi connectivity index (χ0v) is 8.05. The molecule has 2 heteroatoms.